The van der Waals surface area contributed by atoms with Gasteiger partial charge in [0, 0.05) is 17.4 Å². The SMILES string of the molecule is CC(C)c1cccc(C(C)C)c1NC(=O)C1c2ccccc2OCc2ncccc21. The Kier molecular flexibility index (Phi) is 5.58. The van der Waals surface area contributed by atoms with E-state index in [-0.39, 0.29) is 5.91 Å². The molecule has 154 valence electrons. The molecule has 1 N–H and O–H groups in total. The molecule has 3 aromatic rings. The third-order valence-corrected chi connectivity index (χ3v) is 5.71. The summed E-state index contributed by atoms with van der Waals surface area (Å²) < 4.78 is 5.99. The molecule has 0 bridgehead atoms. The van der Waals surface area contributed by atoms with E-state index < -0.39 is 5.92 Å². The van der Waals surface area contributed by atoms with E-state index in [0.29, 0.717) is 18.4 Å². The van der Waals surface area contributed by atoms with Gasteiger partial charge in [-0.2, -0.15) is 0 Å². The molecule has 1 aliphatic heterocycles. The quantitative estimate of drug-likeness (QED) is 0.585. The number of anilines is 1. The number of carbonyl (C=O) groups is 1. The maximum atomic E-state index is 13.8. The first kappa shape index (κ1) is 20.1. The third-order valence-electron chi connectivity index (χ3n) is 5.71. The van der Waals surface area contributed by atoms with Gasteiger partial charge in [-0.25, -0.2) is 0 Å². The molecule has 4 rings (SSSR count). The predicted molar refractivity (Wildman–Crippen MR) is 120 cm³/mol. The van der Waals surface area contributed by atoms with E-state index >= 15 is 0 Å². The fourth-order valence-electron chi connectivity index (χ4n) is 4.17. The molecular weight excluding hydrogens is 372 g/mol. The van der Waals surface area contributed by atoms with E-state index in [1.807, 2.05) is 36.4 Å². The fraction of sp³-hybridized carbons (Fsp3) is 0.308. The van der Waals surface area contributed by atoms with E-state index in [2.05, 4.69) is 56.2 Å². The summed E-state index contributed by atoms with van der Waals surface area (Å²) >= 11 is 0. The molecule has 0 spiro atoms. The van der Waals surface area contributed by atoms with Crippen molar-refractivity contribution in [3.8, 4) is 5.75 Å². The van der Waals surface area contributed by atoms with Gasteiger partial charge in [0.25, 0.3) is 0 Å². The second kappa shape index (κ2) is 8.31. The molecule has 0 fully saturated rings. The Bertz CT molecular complexity index is 998. The second-order valence-corrected chi connectivity index (χ2v) is 8.41. The van der Waals surface area contributed by atoms with Crippen LogP contribution < -0.4 is 10.1 Å². The lowest BCUT2D eigenvalue weighted by Gasteiger charge is -2.23. The van der Waals surface area contributed by atoms with Crippen molar-refractivity contribution >= 4 is 11.6 Å². The highest BCUT2D eigenvalue weighted by atomic mass is 16.5. The summed E-state index contributed by atoms with van der Waals surface area (Å²) in [6, 6.07) is 17.9. The van der Waals surface area contributed by atoms with Gasteiger partial charge in [-0.15, -0.1) is 0 Å². The topological polar surface area (TPSA) is 51.2 Å². The van der Waals surface area contributed by atoms with Crippen LogP contribution in [0.2, 0.25) is 0 Å². The van der Waals surface area contributed by atoms with Crippen molar-refractivity contribution in [1.29, 1.82) is 0 Å². The van der Waals surface area contributed by atoms with Crippen molar-refractivity contribution in [3.05, 3.63) is 88.7 Å². The number of amides is 1. The predicted octanol–water partition coefficient (Wildman–Crippen LogP) is 5.99. The lowest BCUT2D eigenvalue weighted by molar-refractivity contribution is -0.116. The molecule has 2 aromatic carbocycles. The van der Waals surface area contributed by atoms with Crippen LogP contribution in [0.3, 0.4) is 0 Å². The number of fused-ring (bicyclic) bond motifs is 2. The first-order chi connectivity index (χ1) is 14.5. The summed E-state index contributed by atoms with van der Waals surface area (Å²) in [6.07, 6.45) is 1.75. The maximum Gasteiger partial charge on any atom is 0.236 e. The van der Waals surface area contributed by atoms with Crippen LogP contribution in [0.4, 0.5) is 5.69 Å². The van der Waals surface area contributed by atoms with Crippen LogP contribution in [0.5, 0.6) is 5.75 Å². The molecule has 4 heteroatoms. The number of pyridine rings is 1. The third kappa shape index (κ3) is 3.70. The van der Waals surface area contributed by atoms with Gasteiger partial charge in [-0.05, 0) is 40.7 Å². The highest BCUT2D eigenvalue weighted by molar-refractivity contribution is 6.00. The molecular formula is C26H28N2O2. The molecule has 0 saturated carbocycles. The largest absolute Gasteiger partial charge is 0.487 e. The zero-order valence-electron chi connectivity index (χ0n) is 18.0. The van der Waals surface area contributed by atoms with Gasteiger partial charge in [0.2, 0.25) is 5.91 Å². The number of ether oxygens (including phenoxy) is 1. The average Bonchev–Trinajstić information content (AvgIpc) is 2.90. The molecule has 1 unspecified atom stereocenters. The second-order valence-electron chi connectivity index (χ2n) is 8.41. The Morgan fingerprint density at radius 3 is 2.30 bits per heavy atom. The van der Waals surface area contributed by atoms with Crippen molar-refractivity contribution in [1.82, 2.24) is 4.98 Å². The zero-order valence-corrected chi connectivity index (χ0v) is 18.0. The van der Waals surface area contributed by atoms with Gasteiger partial charge < -0.3 is 10.1 Å². The van der Waals surface area contributed by atoms with Crippen molar-refractivity contribution < 1.29 is 9.53 Å². The van der Waals surface area contributed by atoms with E-state index in [4.69, 9.17) is 4.74 Å². The zero-order chi connectivity index (χ0) is 21.3. The van der Waals surface area contributed by atoms with Gasteiger partial charge in [0.1, 0.15) is 12.4 Å². The number of rotatable bonds is 4. The normalized spacial score (nSPS) is 15.2. The number of aromatic nitrogens is 1. The number of nitrogens with one attached hydrogen (secondary N) is 1. The molecule has 0 radical (unpaired) electrons. The van der Waals surface area contributed by atoms with Crippen LogP contribution in [0.15, 0.2) is 60.8 Å². The summed E-state index contributed by atoms with van der Waals surface area (Å²) in [5.41, 5.74) is 5.80. The minimum absolute atomic E-state index is 0.0581. The van der Waals surface area contributed by atoms with Crippen molar-refractivity contribution in [3.63, 3.8) is 0 Å². The van der Waals surface area contributed by atoms with Crippen LogP contribution >= 0.6 is 0 Å². The lowest BCUT2D eigenvalue weighted by Crippen LogP contribution is -2.24. The van der Waals surface area contributed by atoms with Gasteiger partial charge in [0.15, 0.2) is 0 Å². The molecule has 1 aromatic heterocycles. The summed E-state index contributed by atoms with van der Waals surface area (Å²) in [5.74, 6) is 0.803. The number of hydrogen-bond donors (Lipinski definition) is 1. The number of carbonyl (C=O) groups excluding carboxylic acids is 1. The van der Waals surface area contributed by atoms with Crippen LogP contribution in [-0.2, 0) is 11.4 Å². The van der Waals surface area contributed by atoms with Crippen molar-refractivity contribution in [2.75, 3.05) is 5.32 Å². The minimum atomic E-state index is -0.479. The minimum Gasteiger partial charge on any atom is -0.487 e. The molecule has 0 saturated heterocycles. The standard InChI is InChI=1S/C26H28N2O2/c1-16(2)18-10-7-11-19(17(3)4)25(18)28-26(29)24-20-12-8-14-27-22(20)15-30-23-13-6-5-9-21(23)24/h5-14,16-17,24H,15H2,1-4H3,(H,28,29). The number of hydrogen-bond acceptors (Lipinski definition) is 3. The maximum absolute atomic E-state index is 13.8. The molecule has 1 amide bonds. The highest BCUT2D eigenvalue weighted by Crippen LogP contribution is 2.39. The van der Waals surface area contributed by atoms with Crippen LogP contribution in [0.25, 0.3) is 0 Å². The average molecular weight is 401 g/mol. The molecule has 1 aliphatic rings. The molecule has 1 atom stereocenters. The van der Waals surface area contributed by atoms with E-state index in [1.54, 1.807) is 6.20 Å². The Morgan fingerprint density at radius 2 is 1.60 bits per heavy atom. The van der Waals surface area contributed by atoms with Gasteiger partial charge >= 0.3 is 0 Å². The monoisotopic (exact) mass is 400 g/mol. The molecule has 30 heavy (non-hydrogen) atoms. The summed E-state index contributed by atoms with van der Waals surface area (Å²) in [5, 5.41) is 3.30. The Hall–Kier alpha value is -3.14. The van der Waals surface area contributed by atoms with E-state index in [1.165, 1.54) is 0 Å². The smallest absolute Gasteiger partial charge is 0.236 e. The van der Waals surface area contributed by atoms with Gasteiger partial charge in [-0.3, -0.25) is 9.78 Å². The molecule has 2 heterocycles. The fourth-order valence-corrected chi connectivity index (χ4v) is 4.17. The first-order valence-corrected chi connectivity index (χ1v) is 10.6. The van der Waals surface area contributed by atoms with Crippen LogP contribution in [0, 0.1) is 0 Å². The number of para-hydroxylation sites is 2. The summed E-state index contributed by atoms with van der Waals surface area (Å²) in [6.45, 7) is 8.98. The number of nitrogens with zero attached hydrogens (tertiary/aromatic N) is 1. The van der Waals surface area contributed by atoms with Crippen molar-refractivity contribution in [2.24, 2.45) is 0 Å². The van der Waals surface area contributed by atoms with E-state index in [9.17, 15) is 4.79 Å². The van der Waals surface area contributed by atoms with Crippen molar-refractivity contribution in [2.45, 2.75) is 52.1 Å². The lowest BCUT2D eigenvalue weighted by atomic mass is 9.88. The van der Waals surface area contributed by atoms with Crippen LogP contribution in [0.1, 0.15) is 73.4 Å². The van der Waals surface area contributed by atoms with Crippen LogP contribution in [-0.4, -0.2) is 10.9 Å². The summed E-state index contributed by atoms with van der Waals surface area (Å²) in [7, 11) is 0. The van der Waals surface area contributed by atoms with E-state index in [0.717, 1.165) is 39.4 Å². The Labute approximate surface area is 178 Å². The number of benzene rings is 2. The van der Waals surface area contributed by atoms with Gasteiger partial charge in [-0.1, -0.05) is 70.2 Å². The highest BCUT2D eigenvalue weighted by Gasteiger charge is 2.32. The molecule has 0 aliphatic carbocycles. The molecule has 4 nitrogen and oxygen atoms in total. The van der Waals surface area contributed by atoms with Gasteiger partial charge in [0.05, 0.1) is 11.6 Å². The summed E-state index contributed by atoms with van der Waals surface area (Å²) in [4.78, 5) is 18.3. The Balaban J connectivity index is 1.82. The first-order valence-electron chi connectivity index (χ1n) is 10.6. The Morgan fingerprint density at radius 1 is 0.933 bits per heavy atom.